The lowest BCUT2D eigenvalue weighted by atomic mass is 10.0. The molecule has 94 valence electrons. The predicted octanol–water partition coefficient (Wildman–Crippen LogP) is 3.84. The molecule has 1 aliphatic carbocycles. The third kappa shape index (κ3) is 1.95. The Labute approximate surface area is 115 Å². The Morgan fingerprint density at radius 3 is 3.11 bits per heavy atom. The van der Waals surface area contributed by atoms with Crippen LogP contribution in [0.4, 0.5) is 9.39 Å². The first-order chi connectivity index (χ1) is 8.69. The molecule has 2 heterocycles. The van der Waals surface area contributed by atoms with Crippen molar-refractivity contribution in [3.05, 3.63) is 28.4 Å². The Hall–Kier alpha value is -0.940. The van der Waals surface area contributed by atoms with E-state index in [-0.39, 0.29) is 5.83 Å². The molecule has 0 bridgehead atoms. The number of halogens is 1. The van der Waals surface area contributed by atoms with Crippen LogP contribution in [-0.2, 0) is 13.0 Å². The lowest BCUT2D eigenvalue weighted by Crippen LogP contribution is -2.21. The first-order valence-electron chi connectivity index (χ1n) is 6.06. The van der Waals surface area contributed by atoms with Gasteiger partial charge in [-0.2, -0.15) is 0 Å². The van der Waals surface area contributed by atoms with E-state index in [4.69, 9.17) is 0 Å². The zero-order valence-corrected chi connectivity index (χ0v) is 11.8. The number of thiol groups is 1. The molecule has 3 rings (SSSR count). The Kier molecular flexibility index (Phi) is 3.11. The molecule has 0 aromatic carbocycles. The van der Waals surface area contributed by atoms with Crippen molar-refractivity contribution in [3.8, 4) is 0 Å². The van der Waals surface area contributed by atoms with Gasteiger partial charge in [-0.25, -0.2) is 4.39 Å². The van der Waals surface area contributed by atoms with Crippen LogP contribution >= 0.6 is 24.2 Å². The fourth-order valence-corrected chi connectivity index (χ4v) is 3.75. The zero-order valence-electron chi connectivity index (χ0n) is 10.1. The Morgan fingerprint density at radius 1 is 1.50 bits per heavy atom. The van der Waals surface area contributed by atoms with Crippen LogP contribution in [-0.4, -0.2) is 15.4 Å². The van der Waals surface area contributed by atoms with Crippen molar-refractivity contribution >= 4 is 40.6 Å². The topological polar surface area (TPSA) is 15.4 Å². The smallest absolute Gasteiger partial charge is 0.274 e. The van der Waals surface area contributed by atoms with Crippen LogP contribution in [0.2, 0.25) is 0 Å². The molecule has 0 saturated heterocycles. The van der Waals surface area contributed by atoms with E-state index >= 15 is 0 Å². The quantitative estimate of drug-likeness (QED) is 0.594. The molecule has 1 aromatic heterocycles. The molecule has 0 atom stereocenters. The molecule has 18 heavy (non-hydrogen) atoms. The second-order valence-electron chi connectivity index (χ2n) is 4.45. The highest BCUT2D eigenvalue weighted by atomic mass is 32.1. The largest absolute Gasteiger partial charge is 0.280 e. The molecular weight excluding hydrogens is 267 g/mol. The summed E-state index contributed by atoms with van der Waals surface area (Å²) < 4.78 is 15.2. The number of thiophene rings is 1. The molecule has 2 aliphatic rings. The number of rotatable bonds is 1. The van der Waals surface area contributed by atoms with Crippen molar-refractivity contribution < 1.29 is 8.37 Å². The number of nitrogens with zero attached hydrogens (tertiary/aromatic N) is 2. The maximum atomic E-state index is 13.3. The van der Waals surface area contributed by atoms with Gasteiger partial charge in [0.25, 0.3) is 5.00 Å². The van der Waals surface area contributed by atoms with Gasteiger partial charge in [0.15, 0.2) is 0 Å². The number of aliphatic imine (C=N–C) groups is 1. The van der Waals surface area contributed by atoms with Crippen molar-refractivity contribution in [2.24, 2.45) is 4.99 Å². The van der Waals surface area contributed by atoms with Crippen LogP contribution in [0.1, 0.15) is 30.2 Å². The number of hydrogen-bond acceptors (Lipinski definition) is 3. The van der Waals surface area contributed by atoms with Gasteiger partial charge in [0.1, 0.15) is 24.4 Å². The van der Waals surface area contributed by atoms with Crippen molar-refractivity contribution in [2.75, 3.05) is 0 Å². The van der Waals surface area contributed by atoms with Gasteiger partial charge in [-0.3, -0.25) is 4.99 Å². The summed E-state index contributed by atoms with van der Waals surface area (Å²) in [5, 5.41) is 1.14. The summed E-state index contributed by atoms with van der Waals surface area (Å²) in [6, 6.07) is 2.19. The fourth-order valence-electron chi connectivity index (χ4n) is 2.26. The van der Waals surface area contributed by atoms with Gasteiger partial charge in [-0.15, -0.1) is 3.98 Å². The van der Waals surface area contributed by atoms with E-state index in [2.05, 4.69) is 30.8 Å². The van der Waals surface area contributed by atoms with Gasteiger partial charge < -0.3 is 0 Å². The van der Waals surface area contributed by atoms with Gasteiger partial charge in [-0.1, -0.05) is 18.3 Å². The van der Waals surface area contributed by atoms with Crippen molar-refractivity contribution in [1.82, 2.24) is 0 Å². The Morgan fingerprint density at radius 2 is 2.33 bits per heavy atom. The van der Waals surface area contributed by atoms with Gasteiger partial charge in [0, 0.05) is 23.8 Å². The molecule has 0 saturated carbocycles. The van der Waals surface area contributed by atoms with E-state index in [9.17, 15) is 4.39 Å². The molecule has 0 radical (unpaired) electrons. The number of hydrogen-bond donors (Lipinski definition) is 1. The average Bonchev–Trinajstić information content (AvgIpc) is 2.74. The lowest BCUT2D eigenvalue weighted by Gasteiger charge is -2.07. The fraction of sp³-hybridized carbons (Fsp3) is 0.385. The van der Waals surface area contributed by atoms with E-state index < -0.39 is 0 Å². The summed E-state index contributed by atoms with van der Waals surface area (Å²) in [5.74, 6) is -0.0845. The van der Waals surface area contributed by atoms with Crippen LogP contribution in [0, 0.1) is 0 Å². The molecular formula is C13H14FN2S2+. The summed E-state index contributed by atoms with van der Waals surface area (Å²) in [6.07, 6.45) is 3.69. The van der Waals surface area contributed by atoms with Crippen molar-refractivity contribution in [2.45, 2.75) is 32.7 Å². The maximum absolute atomic E-state index is 13.3. The summed E-state index contributed by atoms with van der Waals surface area (Å²) in [6.45, 7) is 2.76. The monoisotopic (exact) mass is 281 g/mol. The van der Waals surface area contributed by atoms with Gasteiger partial charge in [-0.05, 0) is 12.5 Å². The third-order valence-corrected chi connectivity index (χ3v) is 5.13. The maximum Gasteiger partial charge on any atom is 0.280 e. The third-order valence-electron chi connectivity index (χ3n) is 3.24. The summed E-state index contributed by atoms with van der Waals surface area (Å²) >= 11 is 6.34. The molecule has 5 heteroatoms. The van der Waals surface area contributed by atoms with E-state index in [0.717, 1.165) is 22.8 Å². The minimum Gasteiger partial charge on any atom is -0.274 e. The SMILES string of the molecule is CCc1cc2c(s1)[N+](S)=C1CCC(F)=CC1=NC2. The summed E-state index contributed by atoms with van der Waals surface area (Å²) in [7, 11) is 0. The standard InChI is InChI=1S/C13H14FN2S2/c1-2-10-5-8-7-15-11-6-9(14)3-4-12(11)16(17)13(8)18-10/h5-6,17H,2-4,7H2,1H3/q+1. The van der Waals surface area contributed by atoms with Crippen LogP contribution in [0.3, 0.4) is 0 Å². The van der Waals surface area contributed by atoms with E-state index in [1.165, 1.54) is 10.4 Å². The highest BCUT2D eigenvalue weighted by Crippen LogP contribution is 2.35. The zero-order chi connectivity index (χ0) is 12.7. The van der Waals surface area contributed by atoms with Crippen LogP contribution in [0.5, 0.6) is 0 Å². The van der Waals surface area contributed by atoms with Crippen LogP contribution in [0.25, 0.3) is 0 Å². The highest BCUT2D eigenvalue weighted by molar-refractivity contribution is 7.74. The summed E-state index contributed by atoms with van der Waals surface area (Å²) in [5.41, 5.74) is 2.95. The van der Waals surface area contributed by atoms with Gasteiger partial charge in [0.05, 0.1) is 12.1 Å². The number of fused-ring (bicyclic) bond motifs is 2. The molecule has 1 aliphatic heterocycles. The van der Waals surface area contributed by atoms with E-state index in [1.807, 2.05) is 3.98 Å². The van der Waals surface area contributed by atoms with Gasteiger partial charge in [0.2, 0.25) is 5.71 Å². The average molecular weight is 281 g/mol. The first-order valence-corrected chi connectivity index (χ1v) is 7.28. The lowest BCUT2D eigenvalue weighted by molar-refractivity contribution is -0.227. The molecule has 2 nitrogen and oxygen atoms in total. The second kappa shape index (κ2) is 4.63. The molecule has 0 N–H and O–H groups in total. The van der Waals surface area contributed by atoms with E-state index in [0.29, 0.717) is 19.4 Å². The Balaban J connectivity index is 2.13. The molecule has 0 unspecified atom stereocenters. The molecule has 0 fully saturated rings. The predicted molar refractivity (Wildman–Crippen MR) is 77.2 cm³/mol. The summed E-state index contributed by atoms with van der Waals surface area (Å²) in [4.78, 5) is 5.86. The normalized spacial score (nSPS) is 18.8. The van der Waals surface area contributed by atoms with E-state index in [1.54, 1.807) is 17.4 Å². The van der Waals surface area contributed by atoms with Crippen molar-refractivity contribution in [3.63, 3.8) is 0 Å². The Bertz CT molecular complexity index is 596. The highest BCUT2D eigenvalue weighted by Gasteiger charge is 2.30. The minimum atomic E-state index is -0.0845. The molecule has 1 aromatic rings. The first kappa shape index (κ1) is 12.1. The van der Waals surface area contributed by atoms with Crippen LogP contribution < -0.4 is 0 Å². The number of aryl methyl sites for hydroxylation is 1. The molecule has 0 spiro atoms. The minimum absolute atomic E-state index is 0.0845. The van der Waals surface area contributed by atoms with Crippen molar-refractivity contribution in [1.29, 1.82) is 0 Å². The van der Waals surface area contributed by atoms with Gasteiger partial charge >= 0.3 is 0 Å². The molecule has 0 amide bonds. The van der Waals surface area contributed by atoms with Crippen LogP contribution in [0.15, 0.2) is 23.0 Å². The number of allylic oxidation sites excluding steroid dienone is 2. The second-order valence-corrected chi connectivity index (χ2v) is 5.96.